The maximum Gasteiger partial charge on any atom is 0.221 e. The number of hydrogen-bond donors (Lipinski definition) is 3. The summed E-state index contributed by atoms with van der Waals surface area (Å²) in [7, 11) is -14.7. The van der Waals surface area contributed by atoms with Crippen molar-refractivity contribution in [2.24, 2.45) is 5.73 Å². The van der Waals surface area contributed by atoms with Crippen LogP contribution in [0.25, 0.3) is 4.13 Å². The van der Waals surface area contributed by atoms with E-state index in [1.807, 2.05) is 0 Å². The fraction of sp³-hybridized carbons (Fsp3) is 1.00. The van der Waals surface area contributed by atoms with Crippen LogP contribution in [0.1, 0.15) is 227 Å². The van der Waals surface area contributed by atoms with Gasteiger partial charge in [-0.25, -0.2) is 33.7 Å². The van der Waals surface area contributed by atoms with Gasteiger partial charge in [-0.3, -0.25) is 0 Å². The highest BCUT2D eigenvalue weighted by atomic mass is 32.3. The minimum absolute atomic E-state index is 0. The molecule has 0 spiro atoms. The summed E-state index contributed by atoms with van der Waals surface area (Å²) in [6, 6.07) is 0. The average Bonchev–Trinajstić information content (AvgIpc) is 3.06. The van der Waals surface area contributed by atoms with E-state index in [9.17, 15) is 33.7 Å². The highest BCUT2D eigenvalue weighted by Gasteiger charge is 2.08. The van der Waals surface area contributed by atoms with Gasteiger partial charge in [-0.1, -0.05) is 207 Å². The quantitative estimate of drug-likeness (QED) is 0.0509. The summed E-state index contributed by atoms with van der Waals surface area (Å²) >= 11 is 0. The van der Waals surface area contributed by atoms with Crippen molar-refractivity contribution in [1.82, 2.24) is 4.13 Å². The Bertz CT molecular complexity index is 1050. The molecule has 0 fully saturated rings. The summed E-state index contributed by atoms with van der Waals surface area (Å²) in [6.45, 7) is 6.58. The van der Waals surface area contributed by atoms with E-state index in [-0.39, 0.29) is 7.43 Å². The number of quaternary nitrogens is 1. The number of nitrogens with zero attached hydrogens (tertiary/aromatic N) is 1. The van der Waals surface area contributed by atoms with Crippen molar-refractivity contribution in [2.75, 3.05) is 38.1 Å². The molecule has 0 heterocycles. The van der Waals surface area contributed by atoms with Crippen LogP contribution in [0.2, 0.25) is 0 Å². The highest BCUT2D eigenvalue weighted by Crippen LogP contribution is 2.15. The number of nitrogens with two attached hydrogens (primary N) is 1. The van der Waals surface area contributed by atoms with Gasteiger partial charge < -0.3 is 15.6 Å². The molecule has 0 aromatic rings. The summed E-state index contributed by atoms with van der Waals surface area (Å²) in [5, 5.41) is 0. The average molecular weight is 902 g/mol. The molecule has 57 heavy (non-hydrogen) atoms. The largest absolute Gasteiger partial charge is 0.437 e. The Kier molecular flexibility index (Phi) is 53.9. The van der Waals surface area contributed by atoms with Gasteiger partial charge >= 0.3 is 0 Å². The number of unbranched alkanes of at least 4 members (excludes halogenated alkanes) is 30. The van der Waals surface area contributed by atoms with Gasteiger partial charge in [-0.05, 0) is 25.8 Å². The van der Waals surface area contributed by atoms with Crippen LogP contribution in [0, 0.1) is 0 Å². The van der Waals surface area contributed by atoms with Crippen LogP contribution >= 0.6 is 0 Å². The molecule has 0 rings (SSSR count). The van der Waals surface area contributed by atoms with E-state index < -0.39 is 40.1 Å². The molecule has 352 valence electrons. The Hall–Kier alpha value is -0.360. The van der Waals surface area contributed by atoms with Crippen LogP contribution in [0.3, 0.4) is 0 Å². The second kappa shape index (κ2) is 46.7. The molecule has 0 amide bonds. The molecule has 12 nitrogen and oxygen atoms in total. The van der Waals surface area contributed by atoms with Gasteiger partial charge in [0.25, 0.3) is 0 Å². The van der Waals surface area contributed by atoms with Crippen molar-refractivity contribution in [3.8, 4) is 0 Å². The van der Waals surface area contributed by atoms with Gasteiger partial charge in [0.1, 0.15) is 0 Å². The van der Waals surface area contributed by atoms with Gasteiger partial charge in [0.05, 0.1) is 39.1 Å². The first kappa shape index (κ1) is 65.8. The SMILES string of the molecule is C.CCCCCCCCCCCCCCCCCCN.CCCCCCCCCCCCCCCCCC[NH3+].CS(=O)(=O)NS(C)(=O)=O.CS(=O)(=O)[N-]S(C)(=O)=O. The van der Waals surface area contributed by atoms with E-state index in [1.165, 1.54) is 210 Å². The van der Waals surface area contributed by atoms with Crippen molar-refractivity contribution < 1.29 is 39.4 Å². The lowest BCUT2D eigenvalue weighted by atomic mass is 10.0. The van der Waals surface area contributed by atoms with Crippen LogP contribution in [0.4, 0.5) is 0 Å². The molecule has 16 heteroatoms. The van der Waals surface area contributed by atoms with Crippen LogP contribution in [0.5, 0.6) is 0 Å². The van der Waals surface area contributed by atoms with Crippen LogP contribution in [-0.2, 0) is 40.1 Å². The molecule has 0 radical (unpaired) electrons. The normalized spacial score (nSPS) is 11.6. The molecule has 0 unspecified atom stereocenters. The van der Waals surface area contributed by atoms with Crippen molar-refractivity contribution in [2.45, 2.75) is 227 Å². The zero-order valence-electron chi connectivity index (χ0n) is 37.2. The van der Waals surface area contributed by atoms with Crippen molar-refractivity contribution >= 4 is 40.1 Å². The smallest absolute Gasteiger partial charge is 0.221 e. The predicted octanol–water partition coefficient (Wildman–Crippen LogP) is 10.1. The topological polar surface area (TPSA) is 216 Å². The van der Waals surface area contributed by atoms with Gasteiger partial charge in [0, 0.05) is 12.5 Å². The van der Waals surface area contributed by atoms with Gasteiger partial charge in [-0.2, -0.15) is 0 Å². The number of rotatable bonds is 36. The second-order valence-electron chi connectivity index (χ2n) is 15.4. The second-order valence-corrected chi connectivity index (χ2v) is 22.7. The molecule has 0 aromatic carbocycles. The van der Waals surface area contributed by atoms with E-state index in [4.69, 9.17) is 5.73 Å². The molecular formula is C41H96N4O8S4. The van der Waals surface area contributed by atoms with Crippen LogP contribution in [-0.4, -0.2) is 71.8 Å². The predicted molar refractivity (Wildman–Crippen MR) is 249 cm³/mol. The lowest BCUT2D eigenvalue weighted by Crippen LogP contribution is -2.50. The van der Waals surface area contributed by atoms with Crippen molar-refractivity contribution in [3.63, 3.8) is 0 Å². The highest BCUT2D eigenvalue weighted by molar-refractivity contribution is 8.11. The molecule has 0 aromatic heterocycles. The van der Waals surface area contributed by atoms with E-state index in [1.54, 1.807) is 0 Å². The molecule has 6 N–H and O–H groups in total. The number of sulfonamides is 4. The molecule has 0 atom stereocenters. The molecular weight excluding hydrogens is 805 g/mol. The Balaban J connectivity index is -0.000000222. The molecule has 0 saturated carbocycles. The monoisotopic (exact) mass is 901 g/mol. The molecule has 0 aliphatic heterocycles. The van der Waals surface area contributed by atoms with Gasteiger partial charge in [0.15, 0.2) is 0 Å². The summed E-state index contributed by atoms with van der Waals surface area (Å²) < 4.78 is 84.9. The van der Waals surface area contributed by atoms with Crippen LogP contribution in [0.15, 0.2) is 0 Å². The lowest BCUT2D eigenvalue weighted by Gasteiger charge is -2.11. The van der Waals surface area contributed by atoms with E-state index >= 15 is 0 Å². The Labute approximate surface area is 356 Å². The fourth-order valence-corrected chi connectivity index (χ4v) is 10.1. The summed E-state index contributed by atoms with van der Waals surface area (Å²) in [4.78, 5) is 0. The zero-order valence-corrected chi connectivity index (χ0v) is 40.4. The Morgan fingerprint density at radius 3 is 0.702 bits per heavy atom. The van der Waals surface area contributed by atoms with Crippen LogP contribution < -0.4 is 15.6 Å². The first-order valence-electron chi connectivity index (χ1n) is 22.1. The minimum Gasteiger partial charge on any atom is -0.437 e. The zero-order chi connectivity index (χ0) is 43.5. The first-order chi connectivity index (χ1) is 26.2. The molecule has 0 bridgehead atoms. The standard InChI is InChI=1S/2C18H39N.C2H7NO4S2.C2H6NO4S2.CH4/c2*1-2-3-4-5-6-7-8-9-10-11-12-13-14-15-16-17-18-19;2*1-8(4,5)3-9(2,6)7;/h2*2-19H2,1H3;3H,1-2H3;1-2H3;1H4/q;;;-1;/p+1. The summed E-state index contributed by atoms with van der Waals surface area (Å²) in [5.41, 5.74) is 9.37. The maximum atomic E-state index is 10.2. The van der Waals surface area contributed by atoms with E-state index in [2.05, 4.69) is 23.7 Å². The molecule has 0 aliphatic rings. The van der Waals surface area contributed by atoms with Gasteiger partial charge in [0.2, 0.25) is 20.0 Å². The Morgan fingerprint density at radius 1 is 0.386 bits per heavy atom. The minimum atomic E-state index is -3.74. The number of hydrogen-bond acceptors (Lipinski definition) is 9. The van der Waals surface area contributed by atoms with E-state index in [0.717, 1.165) is 25.6 Å². The third-order valence-corrected chi connectivity index (χ3v) is 13.3. The fourth-order valence-electron chi connectivity index (χ4n) is 5.94. The molecule has 0 saturated heterocycles. The number of nitrogens with one attached hydrogen (secondary N) is 1. The molecule has 0 aliphatic carbocycles. The first-order valence-corrected chi connectivity index (χ1v) is 29.5. The maximum absolute atomic E-state index is 10.2. The van der Waals surface area contributed by atoms with Gasteiger partial charge in [-0.15, -0.1) is 4.13 Å². The third kappa shape index (κ3) is 84.1. The summed E-state index contributed by atoms with van der Waals surface area (Å²) in [5.74, 6) is 0. The third-order valence-electron chi connectivity index (χ3n) is 8.73. The Morgan fingerprint density at radius 2 is 0.579 bits per heavy atom. The van der Waals surface area contributed by atoms with Crippen molar-refractivity contribution in [3.05, 3.63) is 4.13 Å². The summed E-state index contributed by atoms with van der Waals surface area (Å²) in [6.07, 6.45) is 49.0. The lowest BCUT2D eigenvalue weighted by molar-refractivity contribution is -0.368. The van der Waals surface area contributed by atoms with E-state index in [0.29, 0.717) is 12.5 Å². The van der Waals surface area contributed by atoms with Crippen molar-refractivity contribution in [1.29, 1.82) is 0 Å².